The summed E-state index contributed by atoms with van der Waals surface area (Å²) < 4.78 is 34.9. The van der Waals surface area contributed by atoms with E-state index in [4.69, 9.17) is 5.84 Å². The first-order chi connectivity index (χ1) is 5.95. The van der Waals surface area contributed by atoms with E-state index in [9.17, 15) is 12.8 Å². The van der Waals surface area contributed by atoms with Crippen molar-refractivity contribution in [2.45, 2.75) is 4.90 Å². The predicted octanol–water partition coefficient (Wildman–Crippen LogP) is 0.937. The number of hydrazine groups is 1. The van der Waals surface area contributed by atoms with Crippen LogP contribution in [0.3, 0.4) is 0 Å². The number of nitrogens with one attached hydrogen (secondary N) is 1. The average molecular weight is 241 g/mol. The van der Waals surface area contributed by atoms with Crippen LogP contribution < -0.4 is 11.3 Å². The van der Waals surface area contributed by atoms with Crippen LogP contribution in [-0.4, -0.2) is 14.7 Å². The zero-order chi connectivity index (χ0) is 10.1. The summed E-state index contributed by atoms with van der Waals surface area (Å²) in [5.74, 6) is 4.28. The molecule has 1 rings (SSSR count). The minimum absolute atomic E-state index is 0. The quantitative estimate of drug-likeness (QED) is 0.596. The van der Waals surface area contributed by atoms with E-state index in [1.807, 2.05) is 0 Å². The molecule has 14 heavy (non-hydrogen) atoms. The molecule has 0 aromatic heterocycles. The Morgan fingerprint density at radius 3 is 2.36 bits per heavy atom. The first kappa shape index (κ1) is 13.2. The maximum atomic E-state index is 13.0. The van der Waals surface area contributed by atoms with Gasteiger partial charge in [-0.2, -0.15) is 0 Å². The molecule has 0 heterocycles. The highest BCUT2D eigenvalue weighted by Crippen LogP contribution is 2.17. The van der Waals surface area contributed by atoms with Crippen LogP contribution in [0, 0.1) is 5.82 Å². The molecule has 0 amide bonds. The standard InChI is InChI=1S/C7H9FN2O2S.ClH/c1-13(11,12)5-2-3-7(10-9)6(8)4-5;/h2-4,10H,9H2,1H3;1H. The van der Waals surface area contributed by atoms with E-state index in [2.05, 4.69) is 5.43 Å². The number of halogens is 2. The van der Waals surface area contributed by atoms with Crippen LogP contribution in [0.4, 0.5) is 10.1 Å². The summed E-state index contributed by atoms with van der Waals surface area (Å²) in [5.41, 5.74) is 2.17. The highest BCUT2D eigenvalue weighted by atomic mass is 35.5. The molecule has 0 atom stereocenters. The summed E-state index contributed by atoms with van der Waals surface area (Å²) in [6.07, 6.45) is 1.01. The van der Waals surface area contributed by atoms with Gasteiger partial charge in [0.1, 0.15) is 5.82 Å². The lowest BCUT2D eigenvalue weighted by Crippen LogP contribution is -2.09. The molecule has 0 spiro atoms. The Hall–Kier alpha value is -0.850. The molecule has 0 radical (unpaired) electrons. The second-order valence-corrected chi connectivity index (χ2v) is 4.57. The molecule has 0 fully saturated rings. The van der Waals surface area contributed by atoms with Crippen LogP contribution in [0.1, 0.15) is 0 Å². The molecule has 0 saturated carbocycles. The van der Waals surface area contributed by atoms with Gasteiger partial charge in [-0.05, 0) is 18.2 Å². The fraction of sp³-hybridized carbons (Fsp3) is 0.143. The van der Waals surface area contributed by atoms with E-state index in [-0.39, 0.29) is 23.0 Å². The zero-order valence-electron chi connectivity index (χ0n) is 7.32. The molecule has 80 valence electrons. The summed E-state index contributed by atoms with van der Waals surface area (Å²) >= 11 is 0. The third-order valence-corrected chi connectivity index (χ3v) is 2.63. The third-order valence-electron chi connectivity index (χ3n) is 1.52. The number of hydrogen-bond donors (Lipinski definition) is 2. The topological polar surface area (TPSA) is 72.2 Å². The smallest absolute Gasteiger partial charge is 0.175 e. The van der Waals surface area contributed by atoms with Crippen molar-refractivity contribution >= 4 is 27.9 Å². The van der Waals surface area contributed by atoms with Crippen molar-refractivity contribution in [3.8, 4) is 0 Å². The molecule has 7 heteroatoms. The minimum Gasteiger partial charge on any atom is -0.321 e. The van der Waals surface area contributed by atoms with Crippen molar-refractivity contribution in [3.63, 3.8) is 0 Å². The number of benzene rings is 1. The maximum absolute atomic E-state index is 13.0. The first-order valence-corrected chi connectivity index (χ1v) is 5.30. The van der Waals surface area contributed by atoms with Gasteiger partial charge in [0.2, 0.25) is 0 Å². The van der Waals surface area contributed by atoms with E-state index in [0.717, 1.165) is 12.3 Å². The van der Waals surface area contributed by atoms with Gasteiger partial charge in [0, 0.05) is 6.26 Å². The molecule has 0 aliphatic rings. The molecule has 0 aliphatic heterocycles. The lowest BCUT2D eigenvalue weighted by atomic mass is 10.3. The zero-order valence-corrected chi connectivity index (χ0v) is 8.95. The fourth-order valence-electron chi connectivity index (χ4n) is 0.844. The largest absolute Gasteiger partial charge is 0.321 e. The Morgan fingerprint density at radius 1 is 1.43 bits per heavy atom. The first-order valence-electron chi connectivity index (χ1n) is 3.41. The van der Waals surface area contributed by atoms with Crippen LogP contribution >= 0.6 is 12.4 Å². The van der Waals surface area contributed by atoms with E-state index in [1.165, 1.54) is 12.1 Å². The van der Waals surface area contributed by atoms with Crippen molar-refractivity contribution in [1.29, 1.82) is 0 Å². The summed E-state index contributed by atoms with van der Waals surface area (Å²) in [4.78, 5) is -0.0657. The van der Waals surface area contributed by atoms with Crippen LogP contribution in [0.5, 0.6) is 0 Å². The predicted molar refractivity (Wildman–Crippen MR) is 54.6 cm³/mol. The van der Waals surface area contributed by atoms with Gasteiger partial charge < -0.3 is 5.43 Å². The van der Waals surface area contributed by atoms with Crippen molar-refractivity contribution in [3.05, 3.63) is 24.0 Å². The van der Waals surface area contributed by atoms with Crippen molar-refractivity contribution < 1.29 is 12.8 Å². The van der Waals surface area contributed by atoms with E-state index in [1.54, 1.807) is 0 Å². The summed E-state index contributed by atoms with van der Waals surface area (Å²) in [6.45, 7) is 0. The molecule has 1 aromatic carbocycles. The molecule has 0 aliphatic carbocycles. The summed E-state index contributed by atoms with van der Waals surface area (Å²) in [5, 5.41) is 0. The Balaban J connectivity index is 0.00000169. The monoisotopic (exact) mass is 240 g/mol. The molecule has 0 bridgehead atoms. The molecule has 4 nitrogen and oxygen atoms in total. The van der Waals surface area contributed by atoms with Gasteiger partial charge in [-0.25, -0.2) is 12.8 Å². The van der Waals surface area contributed by atoms with Gasteiger partial charge >= 0.3 is 0 Å². The second-order valence-electron chi connectivity index (χ2n) is 2.56. The average Bonchev–Trinajstić information content (AvgIpc) is 2.02. The number of rotatable bonds is 2. The van der Waals surface area contributed by atoms with Crippen LogP contribution in [0.2, 0.25) is 0 Å². The maximum Gasteiger partial charge on any atom is 0.175 e. The Bertz CT molecular complexity index is 422. The Labute approximate surface area is 87.6 Å². The van der Waals surface area contributed by atoms with Gasteiger partial charge in [-0.15, -0.1) is 12.4 Å². The van der Waals surface area contributed by atoms with Gasteiger partial charge in [0.05, 0.1) is 10.6 Å². The van der Waals surface area contributed by atoms with Gasteiger partial charge in [0.25, 0.3) is 0 Å². The van der Waals surface area contributed by atoms with Crippen LogP contribution in [-0.2, 0) is 9.84 Å². The normalized spacial score (nSPS) is 10.5. The molecular weight excluding hydrogens is 231 g/mol. The summed E-state index contributed by atoms with van der Waals surface area (Å²) in [6, 6.07) is 3.48. The number of sulfone groups is 1. The van der Waals surface area contributed by atoms with Crippen LogP contribution in [0.25, 0.3) is 0 Å². The van der Waals surface area contributed by atoms with Crippen molar-refractivity contribution in [1.82, 2.24) is 0 Å². The SMILES string of the molecule is CS(=O)(=O)c1ccc(NN)c(F)c1.Cl. The fourth-order valence-corrected chi connectivity index (χ4v) is 1.48. The lowest BCUT2D eigenvalue weighted by Gasteiger charge is -2.03. The van der Waals surface area contributed by atoms with Gasteiger partial charge in [0.15, 0.2) is 9.84 Å². The molecule has 3 N–H and O–H groups in total. The highest BCUT2D eigenvalue weighted by Gasteiger charge is 2.09. The molecular formula is C7H10ClFN2O2S. The molecule has 1 aromatic rings. The lowest BCUT2D eigenvalue weighted by molar-refractivity contribution is 0.596. The van der Waals surface area contributed by atoms with Gasteiger partial charge in [-0.3, -0.25) is 5.84 Å². The second kappa shape index (κ2) is 4.59. The number of nitrogens with two attached hydrogens (primary N) is 1. The van der Waals surface area contributed by atoms with Crippen LogP contribution in [0.15, 0.2) is 23.1 Å². The Morgan fingerprint density at radius 2 is 2.00 bits per heavy atom. The highest BCUT2D eigenvalue weighted by molar-refractivity contribution is 7.90. The van der Waals surface area contributed by atoms with E-state index in [0.29, 0.717) is 0 Å². The number of hydrogen-bond acceptors (Lipinski definition) is 4. The summed E-state index contributed by atoms with van der Waals surface area (Å²) in [7, 11) is -3.36. The van der Waals surface area contributed by atoms with E-state index >= 15 is 0 Å². The minimum atomic E-state index is -3.36. The van der Waals surface area contributed by atoms with Crippen molar-refractivity contribution in [2.24, 2.45) is 5.84 Å². The molecule has 0 unspecified atom stereocenters. The van der Waals surface area contributed by atoms with Gasteiger partial charge in [-0.1, -0.05) is 0 Å². The van der Waals surface area contributed by atoms with Crippen molar-refractivity contribution in [2.75, 3.05) is 11.7 Å². The Kier molecular flexibility index (Phi) is 4.31. The number of anilines is 1. The van der Waals surface area contributed by atoms with E-state index < -0.39 is 15.7 Å². The number of nitrogen functional groups attached to an aromatic ring is 1. The molecule has 0 saturated heterocycles. The third kappa shape index (κ3) is 2.83.